The molecule has 0 saturated heterocycles. The predicted octanol–water partition coefficient (Wildman–Crippen LogP) is 8.00. The minimum atomic E-state index is 0.444. The standard InChI is InChI=1S/C39H36NO4/c1-40-23-22-33-19-21-36(41-2)39(44-28-31-16-10-5-11-17-31)38(33)34(40)24-32-18-20-35(42-26-29-12-6-3-7-13-29)37(25-32)43-27-30-14-8-4-9-15-30/h3-23,25H,24,26-28H2,1-2H3/q+1. The van der Waals surface area contributed by atoms with E-state index in [2.05, 4.69) is 78.5 Å². The summed E-state index contributed by atoms with van der Waals surface area (Å²) in [5.41, 5.74) is 5.50. The summed E-state index contributed by atoms with van der Waals surface area (Å²) in [4.78, 5) is 0. The summed E-state index contributed by atoms with van der Waals surface area (Å²) in [6.07, 6.45) is 2.75. The van der Waals surface area contributed by atoms with Gasteiger partial charge in [0, 0.05) is 6.07 Å². The van der Waals surface area contributed by atoms with Crippen molar-refractivity contribution in [2.75, 3.05) is 7.11 Å². The minimum Gasteiger partial charge on any atom is -0.493 e. The number of aromatic nitrogens is 1. The van der Waals surface area contributed by atoms with Crippen molar-refractivity contribution in [3.8, 4) is 23.0 Å². The molecule has 5 aromatic carbocycles. The van der Waals surface area contributed by atoms with Crippen LogP contribution in [-0.2, 0) is 33.3 Å². The molecule has 1 heterocycles. The van der Waals surface area contributed by atoms with Gasteiger partial charge in [-0.05, 0) is 51.9 Å². The molecule has 0 aliphatic heterocycles. The average molecular weight is 583 g/mol. The molecule has 0 saturated carbocycles. The number of fused-ring (bicyclic) bond motifs is 1. The van der Waals surface area contributed by atoms with E-state index in [9.17, 15) is 0 Å². The monoisotopic (exact) mass is 582 g/mol. The van der Waals surface area contributed by atoms with Gasteiger partial charge in [-0.1, -0.05) is 97.1 Å². The van der Waals surface area contributed by atoms with Crippen molar-refractivity contribution in [2.24, 2.45) is 7.05 Å². The Kier molecular flexibility index (Phi) is 9.03. The van der Waals surface area contributed by atoms with Gasteiger partial charge >= 0.3 is 0 Å². The fourth-order valence-electron chi connectivity index (χ4n) is 5.28. The normalized spacial score (nSPS) is 10.9. The largest absolute Gasteiger partial charge is 0.493 e. The topological polar surface area (TPSA) is 40.8 Å². The van der Waals surface area contributed by atoms with Crippen LogP contribution in [0.4, 0.5) is 0 Å². The molecule has 0 atom stereocenters. The first-order valence-corrected chi connectivity index (χ1v) is 14.8. The lowest BCUT2D eigenvalue weighted by molar-refractivity contribution is -0.677. The third-order valence-electron chi connectivity index (χ3n) is 7.65. The fraction of sp³-hybridized carbons (Fsp3) is 0.154. The molecular formula is C39H36NO4+. The highest BCUT2D eigenvalue weighted by molar-refractivity contribution is 5.92. The third kappa shape index (κ3) is 6.84. The van der Waals surface area contributed by atoms with Crippen LogP contribution in [0, 0.1) is 0 Å². The summed E-state index contributed by atoms with van der Waals surface area (Å²) in [6.45, 7) is 1.35. The summed E-state index contributed by atoms with van der Waals surface area (Å²) in [5, 5.41) is 2.12. The molecule has 1 aromatic heterocycles. The van der Waals surface area contributed by atoms with Crippen LogP contribution in [0.15, 0.2) is 134 Å². The number of ether oxygens (including phenoxy) is 4. The molecule has 0 N–H and O–H groups in total. The van der Waals surface area contributed by atoms with Crippen LogP contribution in [0.5, 0.6) is 23.0 Å². The maximum Gasteiger partial charge on any atom is 0.197 e. The van der Waals surface area contributed by atoms with E-state index in [1.807, 2.05) is 66.7 Å². The SMILES string of the molecule is COc1ccc2cc[n+](C)c(Cc3ccc(OCc4ccccc4)c(OCc4ccccc4)c3)c2c1OCc1ccccc1. The number of pyridine rings is 1. The van der Waals surface area contributed by atoms with Gasteiger partial charge < -0.3 is 18.9 Å². The highest BCUT2D eigenvalue weighted by atomic mass is 16.5. The molecule has 5 nitrogen and oxygen atoms in total. The van der Waals surface area contributed by atoms with Crippen LogP contribution < -0.4 is 23.5 Å². The number of aryl methyl sites for hydroxylation is 1. The van der Waals surface area contributed by atoms with Crippen molar-refractivity contribution < 1.29 is 23.5 Å². The molecule has 0 bridgehead atoms. The number of methoxy groups -OCH3 is 1. The Morgan fingerprint density at radius 1 is 0.523 bits per heavy atom. The molecule has 0 aliphatic rings. The van der Waals surface area contributed by atoms with Gasteiger partial charge in [0.05, 0.1) is 18.9 Å². The van der Waals surface area contributed by atoms with E-state index in [4.69, 9.17) is 18.9 Å². The van der Waals surface area contributed by atoms with Crippen molar-refractivity contribution in [2.45, 2.75) is 26.2 Å². The van der Waals surface area contributed by atoms with Gasteiger partial charge in [-0.2, -0.15) is 0 Å². The molecular weight excluding hydrogens is 546 g/mol. The Morgan fingerprint density at radius 2 is 1.07 bits per heavy atom. The van der Waals surface area contributed by atoms with Crippen LogP contribution in [0.2, 0.25) is 0 Å². The zero-order valence-corrected chi connectivity index (χ0v) is 25.1. The first-order chi connectivity index (χ1) is 21.7. The predicted molar refractivity (Wildman–Crippen MR) is 173 cm³/mol. The summed E-state index contributed by atoms with van der Waals surface area (Å²) >= 11 is 0. The zero-order chi connectivity index (χ0) is 30.1. The van der Waals surface area contributed by atoms with Gasteiger partial charge in [0.25, 0.3) is 0 Å². The van der Waals surface area contributed by atoms with E-state index in [1.165, 1.54) is 0 Å². The Morgan fingerprint density at radius 3 is 1.66 bits per heavy atom. The summed E-state index contributed by atoms with van der Waals surface area (Å²) < 4.78 is 27.1. The molecule has 6 aromatic rings. The number of hydrogen-bond donors (Lipinski definition) is 0. The second-order valence-electron chi connectivity index (χ2n) is 10.7. The van der Waals surface area contributed by atoms with Gasteiger partial charge in [-0.15, -0.1) is 0 Å². The van der Waals surface area contributed by atoms with Crippen LogP contribution in [0.3, 0.4) is 0 Å². The number of benzene rings is 5. The lowest BCUT2D eigenvalue weighted by Gasteiger charge is -2.16. The summed E-state index contributed by atoms with van der Waals surface area (Å²) in [6, 6.07) is 42.9. The lowest BCUT2D eigenvalue weighted by Crippen LogP contribution is -2.33. The number of rotatable bonds is 12. The van der Waals surface area contributed by atoms with Crippen LogP contribution in [0.25, 0.3) is 10.8 Å². The molecule has 220 valence electrons. The average Bonchev–Trinajstić information content (AvgIpc) is 3.08. The van der Waals surface area contributed by atoms with Gasteiger partial charge in [-0.25, -0.2) is 4.57 Å². The molecule has 6 rings (SSSR count). The first-order valence-electron chi connectivity index (χ1n) is 14.8. The van der Waals surface area contributed by atoms with Gasteiger partial charge in [0.2, 0.25) is 0 Å². The second-order valence-corrected chi connectivity index (χ2v) is 10.7. The van der Waals surface area contributed by atoms with Crippen molar-refractivity contribution in [1.29, 1.82) is 0 Å². The molecule has 0 amide bonds. The first kappa shape index (κ1) is 28.8. The maximum atomic E-state index is 6.48. The molecule has 5 heteroatoms. The van der Waals surface area contributed by atoms with E-state index in [1.54, 1.807) is 7.11 Å². The summed E-state index contributed by atoms with van der Waals surface area (Å²) in [5.74, 6) is 2.87. The van der Waals surface area contributed by atoms with Crippen molar-refractivity contribution in [3.05, 3.63) is 162 Å². The van der Waals surface area contributed by atoms with E-state index in [0.29, 0.717) is 43.5 Å². The van der Waals surface area contributed by atoms with Crippen LogP contribution in [0.1, 0.15) is 27.9 Å². The molecule has 0 spiro atoms. The fourth-order valence-corrected chi connectivity index (χ4v) is 5.28. The van der Waals surface area contributed by atoms with E-state index in [-0.39, 0.29) is 0 Å². The van der Waals surface area contributed by atoms with Crippen molar-refractivity contribution in [1.82, 2.24) is 0 Å². The van der Waals surface area contributed by atoms with Crippen molar-refractivity contribution in [3.63, 3.8) is 0 Å². The molecule has 44 heavy (non-hydrogen) atoms. The smallest absolute Gasteiger partial charge is 0.197 e. The molecule has 0 fully saturated rings. The van der Waals surface area contributed by atoms with Gasteiger partial charge in [0.15, 0.2) is 34.9 Å². The van der Waals surface area contributed by atoms with Crippen LogP contribution >= 0.6 is 0 Å². The Labute approximate surface area is 258 Å². The molecule has 0 aliphatic carbocycles. The quantitative estimate of drug-likeness (QED) is 0.137. The van der Waals surface area contributed by atoms with Crippen LogP contribution in [-0.4, -0.2) is 7.11 Å². The van der Waals surface area contributed by atoms with E-state index >= 15 is 0 Å². The van der Waals surface area contributed by atoms with E-state index in [0.717, 1.165) is 44.5 Å². The van der Waals surface area contributed by atoms with Gasteiger partial charge in [-0.3, -0.25) is 0 Å². The Bertz CT molecular complexity index is 1820. The van der Waals surface area contributed by atoms with Gasteiger partial charge in [0.1, 0.15) is 26.9 Å². The Balaban J connectivity index is 1.34. The summed E-state index contributed by atoms with van der Waals surface area (Å²) in [7, 11) is 3.75. The highest BCUT2D eigenvalue weighted by Gasteiger charge is 2.22. The molecule has 0 radical (unpaired) electrons. The maximum absolute atomic E-state index is 6.48. The minimum absolute atomic E-state index is 0.444. The highest BCUT2D eigenvalue weighted by Crippen LogP contribution is 2.38. The number of hydrogen-bond acceptors (Lipinski definition) is 4. The zero-order valence-electron chi connectivity index (χ0n) is 25.1. The lowest BCUT2D eigenvalue weighted by atomic mass is 10.0. The third-order valence-corrected chi connectivity index (χ3v) is 7.65. The Hall–Kier alpha value is -5.29. The second kappa shape index (κ2) is 13.8. The van der Waals surface area contributed by atoms with Crippen molar-refractivity contribution >= 4 is 10.8 Å². The van der Waals surface area contributed by atoms with E-state index < -0.39 is 0 Å². The number of nitrogens with zero attached hydrogens (tertiary/aromatic N) is 1. The molecule has 0 unspecified atom stereocenters.